The Kier molecular flexibility index (Phi) is 6.19. The number of halogens is 1. The summed E-state index contributed by atoms with van der Waals surface area (Å²) >= 11 is 5.87. The second-order valence-electron chi connectivity index (χ2n) is 6.00. The first kappa shape index (κ1) is 20.4. The van der Waals surface area contributed by atoms with Crippen molar-refractivity contribution in [1.82, 2.24) is 5.32 Å². The van der Waals surface area contributed by atoms with E-state index in [0.717, 1.165) is 4.90 Å². The maximum absolute atomic E-state index is 13.0. The number of benzene rings is 2. The molecule has 1 fully saturated rings. The smallest absolute Gasteiger partial charge is 0.335 e. The van der Waals surface area contributed by atoms with Crippen LogP contribution in [0.1, 0.15) is 19.4 Å². The SMILES string of the molecule is CCOc1ccc(/C=C2/C(=O)NC(=O)N(c3ccc(Cl)cc3)C2=O)c(OCC)c1. The summed E-state index contributed by atoms with van der Waals surface area (Å²) in [7, 11) is 0. The molecule has 1 aliphatic rings. The number of ether oxygens (including phenoxy) is 2. The molecule has 0 aliphatic carbocycles. The monoisotopic (exact) mass is 414 g/mol. The van der Waals surface area contributed by atoms with Gasteiger partial charge in [-0.1, -0.05) is 11.6 Å². The van der Waals surface area contributed by atoms with Gasteiger partial charge in [-0.25, -0.2) is 9.69 Å². The largest absolute Gasteiger partial charge is 0.494 e. The van der Waals surface area contributed by atoms with Crippen molar-refractivity contribution in [3.05, 3.63) is 58.6 Å². The highest BCUT2D eigenvalue weighted by Gasteiger charge is 2.37. The molecule has 2 aromatic rings. The number of barbiturate groups is 1. The Morgan fingerprint density at radius 1 is 1.00 bits per heavy atom. The Hall–Kier alpha value is -3.32. The predicted molar refractivity (Wildman–Crippen MR) is 109 cm³/mol. The lowest BCUT2D eigenvalue weighted by Crippen LogP contribution is -2.54. The van der Waals surface area contributed by atoms with Crippen LogP contribution in [-0.4, -0.2) is 31.1 Å². The van der Waals surface area contributed by atoms with Crippen molar-refractivity contribution in [2.75, 3.05) is 18.1 Å². The Morgan fingerprint density at radius 2 is 1.69 bits per heavy atom. The summed E-state index contributed by atoms with van der Waals surface area (Å²) in [4.78, 5) is 38.5. The summed E-state index contributed by atoms with van der Waals surface area (Å²) in [6.07, 6.45) is 1.40. The minimum absolute atomic E-state index is 0.190. The summed E-state index contributed by atoms with van der Waals surface area (Å²) in [5.74, 6) is -0.448. The summed E-state index contributed by atoms with van der Waals surface area (Å²) in [5.41, 5.74) is 0.621. The van der Waals surface area contributed by atoms with E-state index in [2.05, 4.69) is 5.32 Å². The van der Waals surface area contributed by atoms with Crippen LogP contribution in [0, 0.1) is 0 Å². The first-order valence-corrected chi connectivity index (χ1v) is 9.39. The highest BCUT2D eigenvalue weighted by atomic mass is 35.5. The molecule has 0 atom stereocenters. The number of imide groups is 2. The molecule has 0 bridgehead atoms. The third kappa shape index (κ3) is 4.41. The van der Waals surface area contributed by atoms with Gasteiger partial charge < -0.3 is 9.47 Å². The number of anilines is 1. The predicted octanol–water partition coefficient (Wildman–Crippen LogP) is 3.80. The molecule has 8 heteroatoms. The fourth-order valence-corrected chi connectivity index (χ4v) is 2.93. The van der Waals surface area contributed by atoms with Crippen LogP contribution in [0.2, 0.25) is 5.02 Å². The van der Waals surface area contributed by atoms with Crippen LogP contribution < -0.4 is 19.7 Å². The zero-order valence-electron chi connectivity index (χ0n) is 15.9. The molecule has 0 unspecified atom stereocenters. The number of nitrogens with zero attached hydrogens (tertiary/aromatic N) is 1. The molecule has 7 nitrogen and oxygen atoms in total. The number of hydrogen-bond donors (Lipinski definition) is 1. The molecule has 0 spiro atoms. The average molecular weight is 415 g/mol. The number of carbonyl (C=O) groups excluding carboxylic acids is 3. The van der Waals surface area contributed by atoms with Gasteiger partial charge in [0.05, 0.1) is 18.9 Å². The maximum atomic E-state index is 13.0. The standard InChI is InChI=1S/C21H19ClN2O5/c1-3-28-16-10-5-13(18(12-16)29-4-2)11-17-19(25)23-21(27)24(20(17)26)15-8-6-14(22)7-9-15/h5-12H,3-4H2,1-2H3,(H,23,25,27)/b17-11-. The zero-order valence-corrected chi connectivity index (χ0v) is 16.7. The lowest BCUT2D eigenvalue weighted by molar-refractivity contribution is -0.122. The molecule has 3 rings (SSSR count). The van der Waals surface area contributed by atoms with Gasteiger partial charge in [0, 0.05) is 16.7 Å². The van der Waals surface area contributed by atoms with Crippen LogP contribution in [0.25, 0.3) is 6.08 Å². The minimum Gasteiger partial charge on any atom is -0.494 e. The van der Waals surface area contributed by atoms with E-state index >= 15 is 0 Å². The second-order valence-corrected chi connectivity index (χ2v) is 6.44. The molecule has 4 amide bonds. The van der Waals surface area contributed by atoms with Crippen LogP contribution in [0.5, 0.6) is 11.5 Å². The zero-order chi connectivity index (χ0) is 21.0. The van der Waals surface area contributed by atoms with Crippen LogP contribution in [0.4, 0.5) is 10.5 Å². The van der Waals surface area contributed by atoms with Crippen molar-refractivity contribution >= 4 is 41.2 Å². The Balaban J connectivity index is 2.01. The van der Waals surface area contributed by atoms with Crippen molar-refractivity contribution in [3.63, 3.8) is 0 Å². The first-order valence-electron chi connectivity index (χ1n) is 9.01. The van der Waals surface area contributed by atoms with Crippen molar-refractivity contribution < 1.29 is 23.9 Å². The van der Waals surface area contributed by atoms with E-state index < -0.39 is 17.8 Å². The number of urea groups is 1. The van der Waals surface area contributed by atoms with Gasteiger partial charge >= 0.3 is 6.03 Å². The molecule has 1 N–H and O–H groups in total. The Morgan fingerprint density at radius 3 is 2.34 bits per heavy atom. The van der Waals surface area contributed by atoms with Crippen molar-refractivity contribution in [3.8, 4) is 11.5 Å². The van der Waals surface area contributed by atoms with E-state index in [1.165, 1.54) is 18.2 Å². The van der Waals surface area contributed by atoms with Crippen molar-refractivity contribution in [2.45, 2.75) is 13.8 Å². The van der Waals surface area contributed by atoms with E-state index in [4.69, 9.17) is 21.1 Å². The van der Waals surface area contributed by atoms with Crippen LogP contribution in [0.15, 0.2) is 48.0 Å². The molecule has 0 aromatic heterocycles. The molecule has 0 radical (unpaired) electrons. The summed E-state index contributed by atoms with van der Waals surface area (Å²) in [5, 5.41) is 2.65. The number of carbonyl (C=O) groups is 3. The average Bonchev–Trinajstić information content (AvgIpc) is 2.68. The molecule has 1 heterocycles. The van der Waals surface area contributed by atoms with Crippen LogP contribution >= 0.6 is 11.6 Å². The van der Waals surface area contributed by atoms with Gasteiger partial charge in [-0.3, -0.25) is 14.9 Å². The first-order chi connectivity index (χ1) is 13.9. The fraction of sp³-hybridized carbons (Fsp3) is 0.190. The van der Waals surface area contributed by atoms with E-state index in [1.54, 1.807) is 30.3 Å². The van der Waals surface area contributed by atoms with Gasteiger partial charge in [-0.05, 0) is 56.3 Å². The van der Waals surface area contributed by atoms with Gasteiger partial charge in [0.1, 0.15) is 17.1 Å². The highest BCUT2D eigenvalue weighted by Crippen LogP contribution is 2.29. The highest BCUT2D eigenvalue weighted by molar-refractivity contribution is 6.39. The van der Waals surface area contributed by atoms with E-state index in [0.29, 0.717) is 41.0 Å². The summed E-state index contributed by atoms with van der Waals surface area (Å²) in [6.45, 7) is 4.57. The second kappa shape index (κ2) is 8.79. The fourth-order valence-electron chi connectivity index (χ4n) is 2.81. The number of rotatable bonds is 6. The van der Waals surface area contributed by atoms with Crippen LogP contribution in [0.3, 0.4) is 0 Å². The number of nitrogens with one attached hydrogen (secondary N) is 1. The van der Waals surface area contributed by atoms with Crippen LogP contribution in [-0.2, 0) is 9.59 Å². The van der Waals surface area contributed by atoms with Gasteiger partial charge in [-0.15, -0.1) is 0 Å². The summed E-state index contributed by atoms with van der Waals surface area (Å²) in [6, 6.07) is 10.4. The quantitative estimate of drug-likeness (QED) is 0.574. The van der Waals surface area contributed by atoms with Crippen molar-refractivity contribution in [1.29, 1.82) is 0 Å². The molecular weight excluding hydrogens is 396 g/mol. The molecule has 1 aliphatic heterocycles. The summed E-state index contributed by atoms with van der Waals surface area (Å²) < 4.78 is 11.1. The third-order valence-corrected chi connectivity index (χ3v) is 4.33. The maximum Gasteiger partial charge on any atom is 0.335 e. The van der Waals surface area contributed by atoms with Gasteiger partial charge in [-0.2, -0.15) is 0 Å². The topological polar surface area (TPSA) is 84.9 Å². The lowest BCUT2D eigenvalue weighted by atomic mass is 10.1. The van der Waals surface area contributed by atoms with E-state index in [-0.39, 0.29) is 5.57 Å². The normalized spacial score (nSPS) is 15.5. The molecular formula is C21H19ClN2O5. The Bertz CT molecular complexity index is 985. The number of hydrogen-bond acceptors (Lipinski definition) is 5. The Labute approximate surface area is 172 Å². The van der Waals surface area contributed by atoms with Gasteiger partial charge in [0.2, 0.25) is 0 Å². The molecule has 0 saturated carbocycles. The lowest BCUT2D eigenvalue weighted by Gasteiger charge is -2.26. The molecule has 29 heavy (non-hydrogen) atoms. The van der Waals surface area contributed by atoms with Crippen molar-refractivity contribution in [2.24, 2.45) is 0 Å². The molecule has 1 saturated heterocycles. The van der Waals surface area contributed by atoms with E-state index in [9.17, 15) is 14.4 Å². The van der Waals surface area contributed by atoms with Gasteiger partial charge in [0.25, 0.3) is 11.8 Å². The van der Waals surface area contributed by atoms with E-state index in [1.807, 2.05) is 13.8 Å². The number of amides is 4. The molecule has 2 aromatic carbocycles. The minimum atomic E-state index is -0.823. The molecule has 150 valence electrons. The third-order valence-electron chi connectivity index (χ3n) is 4.08. The van der Waals surface area contributed by atoms with Gasteiger partial charge in [0.15, 0.2) is 0 Å².